The third kappa shape index (κ3) is 28.2. The number of nitrogens with zero attached hydrogens (tertiary/aromatic N) is 5. The van der Waals surface area contributed by atoms with Crippen LogP contribution >= 0.6 is 0 Å². The number of nitro groups is 3. The zero-order chi connectivity index (χ0) is 60.4. The molecule has 0 heterocycles. The fourth-order valence-electron chi connectivity index (χ4n) is 7.40. The minimum absolute atomic E-state index is 0. The summed E-state index contributed by atoms with van der Waals surface area (Å²) in [5.74, 6) is -2.21. The largest absolute Gasteiger partial charge is 1.00 e. The summed E-state index contributed by atoms with van der Waals surface area (Å²) in [5, 5.41) is 40.9. The molecular weight excluding hydrogens is 1540 g/mol. The smallest absolute Gasteiger partial charge is 1.00 e. The van der Waals surface area contributed by atoms with E-state index in [0.717, 1.165) is 0 Å². The SMILES string of the molecule is O.O=C(Nc1ccccc1NS(=O)(=O)c1ccccc1)c1ccccc1[N+](=O)[O-].O=C(Nc1ccccc1[N-]S(=O)(=O)c1ccccc1)c1ccccc1[N+](=O)[O-].O=C(Nc1ccccc1[N-]S(=O)(=O)c1ccccc1)c1ccccc1[N+](=O)[O-].[Cl-].[Cl-].[K+].[K+].[K+].[OH-].[Rb+].[Rb+]. The predicted octanol–water partition coefficient (Wildman–Crippen LogP) is -9.84. The van der Waals surface area contributed by atoms with Crippen molar-refractivity contribution < 1.29 is 361 Å². The van der Waals surface area contributed by atoms with Gasteiger partial charge in [0, 0.05) is 29.6 Å². The van der Waals surface area contributed by atoms with E-state index in [-0.39, 0.29) is 389 Å². The molecule has 0 radical (unpaired) electrons. The minimum Gasteiger partial charge on any atom is -1.00 e. The first-order valence-corrected chi connectivity index (χ1v) is 28.6. The number of benzene rings is 9. The zero-order valence-electron chi connectivity index (χ0n) is 49.8. The van der Waals surface area contributed by atoms with Gasteiger partial charge in [0.05, 0.1) is 40.8 Å². The topological polar surface area (TPSA) is 421 Å². The van der Waals surface area contributed by atoms with Gasteiger partial charge in [0.25, 0.3) is 44.8 Å². The molecule has 458 valence electrons. The molecule has 0 fully saturated rings. The fourth-order valence-corrected chi connectivity index (χ4v) is 10.5. The van der Waals surface area contributed by atoms with Crippen molar-refractivity contribution in [2.24, 2.45) is 0 Å². The van der Waals surface area contributed by atoms with Crippen LogP contribution in [0.1, 0.15) is 31.1 Å². The van der Waals surface area contributed by atoms with Gasteiger partial charge in [-0.3, -0.25) is 49.4 Å². The average Bonchev–Trinajstić information content (AvgIpc) is 0.949. The average molecular weight is 1580 g/mol. The van der Waals surface area contributed by atoms with Crippen LogP contribution in [-0.4, -0.2) is 68.7 Å². The van der Waals surface area contributed by atoms with E-state index in [4.69, 9.17) is 0 Å². The van der Waals surface area contributed by atoms with Crippen LogP contribution in [0.4, 0.5) is 51.2 Å². The van der Waals surface area contributed by atoms with Crippen LogP contribution in [0.5, 0.6) is 0 Å². The molecule has 0 saturated heterocycles. The van der Waals surface area contributed by atoms with E-state index in [0.29, 0.717) is 0 Å². The van der Waals surface area contributed by atoms with E-state index in [1.54, 1.807) is 91.0 Å². The number of carbonyl (C=O) groups is 3. The molecule has 0 spiro atoms. The third-order valence-corrected chi connectivity index (χ3v) is 15.3. The monoisotopic (exact) mass is 1580 g/mol. The number of nitrogens with one attached hydrogen (secondary N) is 4. The summed E-state index contributed by atoms with van der Waals surface area (Å²) >= 11 is 0. The molecule has 0 atom stereocenters. The van der Waals surface area contributed by atoms with Crippen molar-refractivity contribution in [2.45, 2.75) is 14.7 Å². The quantitative estimate of drug-likeness (QED) is 0.0352. The third-order valence-electron chi connectivity index (χ3n) is 11.3. The number of sulfonamides is 3. The van der Waals surface area contributed by atoms with E-state index >= 15 is 0 Å². The van der Waals surface area contributed by atoms with Crippen LogP contribution in [0.2, 0.25) is 0 Å². The van der Waals surface area contributed by atoms with E-state index < -0.39 is 62.6 Å². The van der Waals surface area contributed by atoms with Gasteiger partial charge < -0.3 is 61.2 Å². The second kappa shape index (κ2) is 46.3. The second-order valence-corrected chi connectivity index (χ2v) is 21.8. The number of anilines is 4. The first kappa shape index (κ1) is 95.0. The Bertz CT molecular complexity index is 3880. The van der Waals surface area contributed by atoms with Crippen molar-refractivity contribution >= 4 is 99.0 Å². The molecule has 0 aromatic heterocycles. The number of para-hydroxylation sites is 7. The summed E-state index contributed by atoms with van der Waals surface area (Å²) in [6.07, 6.45) is 0. The van der Waals surface area contributed by atoms with Gasteiger partial charge in [0.2, 0.25) is 0 Å². The molecule has 36 heteroatoms. The first-order chi connectivity index (χ1) is 40.1. The summed E-state index contributed by atoms with van der Waals surface area (Å²) < 4.78 is 85.0. The standard InChI is InChI=1S/C19H15N3O5S.2C19H14N3O5S.2ClH.3K.2H2O.2Rb/c3*23-19(15-10-4-7-13-18(15)22(24)25)20-16-11-5-6-12-17(16)21-28(26,27)14-8-2-1-3-9-14;;;;;;;;;/h1-13,21H,(H,20,23);2*1-13H,(H,20,23);2*1H;;;;2*1H2;;/q;2*-1;;;3*+1;;;2*+1/p-3. The zero-order valence-corrected chi connectivity index (χ0v) is 73.0. The molecule has 0 bridgehead atoms. The van der Waals surface area contributed by atoms with Crippen LogP contribution < -0.4 is 316 Å². The summed E-state index contributed by atoms with van der Waals surface area (Å²) in [4.78, 5) is 69.0. The van der Waals surface area contributed by atoms with Crippen LogP contribution in [-0.2, 0) is 30.1 Å². The van der Waals surface area contributed by atoms with Crippen LogP contribution in [0.3, 0.4) is 0 Å². The molecule has 0 saturated carbocycles. The van der Waals surface area contributed by atoms with E-state index in [1.165, 1.54) is 146 Å². The summed E-state index contributed by atoms with van der Waals surface area (Å²) in [5.41, 5.74) is -0.912. The van der Waals surface area contributed by atoms with Crippen molar-refractivity contribution in [3.05, 3.63) is 293 Å². The molecule has 0 aliphatic heterocycles. The summed E-state index contributed by atoms with van der Waals surface area (Å²) in [6.45, 7) is 0. The molecule has 26 nitrogen and oxygen atoms in total. The number of hydrogen-bond donors (Lipinski definition) is 4. The maximum absolute atomic E-state index is 12.5. The van der Waals surface area contributed by atoms with Gasteiger partial charge in [0.1, 0.15) is 36.7 Å². The Morgan fingerprint density at radius 3 is 0.892 bits per heavy atom. The molecule has 93 heavy (non-hydrogen) atoms. The van der Waals surface area contributed by atoms with E-state index in [1.807, 2.05) is 0 Å². The maximum Gasteiger partial charge on any atom is 1.00 e. The Labute approximate surface area is 772 Å². The molecule has 9 rings (SSSR count). The van der Waals surface area contributed by atoms with Gasteiger partial charge in [-0.1, -0.05) is 140 Å². The molecule has 0 unspecified atom stereocenters. The van der Waals surface area contributed by atoms with Crippen molar-refractivity contribution in [1.82, 2.24) is 0 Å². The van der Waals surface area contributed by atoms with Gasteiger partial charge in [0.15, 0.2) is 0 Å². The summed E-state index contributed by atoms with van der Waals surface area (Å²) in [6, 6.07) is 57.8. The van der Waals surface area contributed by atoms with Gasteiger partial charge in [-0.05, 0) is 78.9 Å². The number of hydrogen-bond acceptors (Lipinski definition) is 16. The molecule has 7 N–H and O–H groups in total. The second-order valence-electron chi connectivity index (χ2n) is 16.9. The number of rotatable bonds is 18. The molecule has 3 amide bonds. The molecule has 0 aliphatic rings. The Balaban J connectivity index is -0.00000125. The van der Waals surface area contributed by atoms with Crippen LogP contribution in [0.25, 0.3) is 9.44 Å². The van der Waals surface area contributed by atoms with Crippen molar-refractivity contribution in [1.29, 1.82) is 0 Å². The van der Waals surface area contributed by atoms with Crippen molar-refractivity contribution in [3.8, 4) is 0 Å². The van der Waals surface area contributed by atoms with Gasteiger partial charge in [-0.2, -0.15) is 0 Å². The molecular formula is C57H46Cl2K3N9O17Rb2S3. The van der Waals surface area contributed by atoms with Crippen LogP contribution in [0, 0.1) is 30.3 Å². The Kier molecular flexibility index (Phi) is 47.3. The first-order valence-electron chi connectivity index (χ1n) is 24.2. The van der Waals surface area contributed by atoms with Gasteiger partial charge in [-0.25, -0.2) is 25.3 Å². The van der Waals surface area contributed by atoms with Gasteiger partial charge in [-0.15, -0.1) is 11.4 Å². The number of nitro benzene ring substituents is 3. The normalized spacial score (nSPS) is 9.81. The van der Waals surface area contributed by atoms with Crippen molar-refractivity contribution in [2.75, 3.05) is 20.7 Å². The Morgan fingerprint density at radius 1 is 0.344 bits per heavy atom. The van der Waals surface area contributed by atoms with Gasteiger partial charge >= 0.3 is 271 Å². The minimum atomic E-state index is -3.99. The molecule has 0 aliphatic carbocycles. The summed E-state index contributed by atoms with van der Waals surface area (Å²) in [7, 11) is -11.9. The number of halogens is 2. The number of carbonyl (C=O) groups excluding carboxylic acids is 3. The predicted molar refractivity (Wildman–Crippen MR) is 319 cm³/mol. The molecule has 9 aromatic rings. The van der Waals surface area contributed by atoms with E-state index in [9.17, 15) is 70.0 Å². The maximum atomic E-state index is 12.5. The Hall–Kier alpha value is -2.14. The van der Waals surface area contributed by atoms with E-state index in [2.05, 4.69) is 30.1 Å². The fraction of sp³-hybridized carbons (Fsp3) is 0. The van der Waals surface area contributed by atoms with Crippen LogP contribution in [0.15, 0.2) is 251 Å². The Morgan fingerprint density at radius 2 is 0.581 bits per heavy atom. The number of amides is 3. The van der Waals surface area contributed by atoms with Crippen molar-refractivity contribution in [3.63, 3.8) is 0 Å². The molecule has 9 aromatic carbocycles.